The van der Waals surface area contributed by atoms with Gasteiger partial charge in [0.15, 0.2) is 5.65 Å². The molecule has 1 atom stereocenters. The molecule has 2 aromatic rings. The summed E-state index contributed by atoms with van der Waals surface area (Å²) in [6.45, 7) is 3.34. The van der Waals surface area contributed by atoms with Gasteiger partial charge in [-0.25, -0.2) is 9.97 Å². The van der Waals surface area contributed by atoms with Crippen LogP contribution in [0.5, 0.6) is 0 Å². The minimum atomic E-state index is -4.23. The molecule has 0 radical (unpaired) electrons. The fourth-order valence-corrected chi connectivity index (χ4v) is 2.30. The van der Waals surface area contributed by atoms with Crippen LogP contribution in [0.4, 0.5) is 13.2 Å². The second kappa shape index (κ2) is 5.00. The predicted molar refractivity (Wildman–Crippen MR) is 67.2 cm³/mol. The van der Waals surface area contributed by atoms with Crippen molar-refractivity contribution in [2.24, 2.45) is 0 Å². The zero-order valence-electron chi connectivity index (χ0n) is 10.5. The molecule has 0 bridgehead atoms. The summed E-state index contributed by atoms with van der Waals surface area (Å²) in [5, 5.41) is 0. The van der Waals surface area contributed by atoms with Crippen LogP contribution in [-0.4, -0.2) is 20.7 Å². The van der Waals surface area contributed by atoms with Gasteiger partial charge >= 0.3 is 6.18 Å². The van der Waals surface area contributed by atoms with Gasteiger partial charge in [-0.05, 0) is 25.5 Å². The van der Waals surface area contributed by atoms with Crippen LogP contribution in [0, 0.1) is 6.92 Å². The molecule has 2 heterocycles. The van der Waals surface area contributed by atoms with Crippen molar-refractivity contribution in [3.63, 3.8) is 0 Å². The zero-order chi connectivity index (χ0) is 14.2. The molecule has 2 aromatic heterocycles. The van der Waals surface area contributed by atoms with Gasteiger partial charge in [-0.15, -0.1) is 11.6 Å². The predicted octanol–water partition coefficient (Wildman–Crippen LogP) is 3.99. The Kier molecular flexibility index (Phi) is 3.71. The molecule has 0 fully saturated rings. The van der Waals surface area contributed by atoms with Crippen LogP contribution in [0.25, 0.3) is 11.2 Å². The number of hydrogen-bond acceptors (Lipinski definition) is 2. The van der Waals surface area contributed by atoms with E-state index in [9.17, 15) is 13.2 Å². The Morgan fingerprint density at radius 2 is 2.11 bits per heavy atom. The molecule has 2 rings (SSSR count). The summed E-state index contributed by atoms with van der Waals surface area (Å²) in [6, 6.07) is 1.00. The van der Waals surface area contributed by atoms with Gasteiger partial charge < -0.3 is 4.57 Å². The molecule has 3 nitrogen and oxygen atoms in total. The van der Waals surface area contributed by atoms with Crippen LogP contribution in [0.1, 0.15) is 30.8 Å². The number of rotatable bonds is 3. The van der Waals surface area contributed by atoms with Crippen molar-refractivity contribution in [3.8, 4) is 0 Å². The summed E-state index contributed by atoms with van der Waals surface area (Å²) in [5.74, 6) is 0.462. The van der Waals surface area contributed by atoms with Crippen molar-refractivity contribution in [3.05, 3.63) is 23.7 Å². The van der Waals surface area contributed by atoms with Crippen molar-refractivity contribution < 1.29 is 13.2 Å². The van der Waals surface area contributed by atoms with Crippen LogP contribution >= 0.6 is 11.6 Å². The molecule has 104 valence electrons. The van der Waals surface area contributed by atoms with Gasteiger partial charge in [0.2, 0.25) is 0 Å². The van der Waals surface area contributed by atoms with E-state index in [1.54, 1.807) is 12.3 Å². The van der Waals surface area contributed by atoms with Crippen molar-refractivity contribution in [2.45, 2.75) is 38.4 Å². The van der Waals surface area contributed by atoms with Gasteiger partial charge in [-0.2, -0.15) is 13.2 Å². The second-order valence-corrected chi connectivity index (χ2v) is 4.82. The first-order valence-electron chi connectivity index (χ1n) is 5.78. The molecule has 0 saturated carbocycles. The average molecular weight is 292 g/mol. The van der Waals surface area contributed by atoms with Gasteiger partial charge in [0, 0.05) is 12.2 Å². The molecule has 0 saturated heterocycles. The highest BCUT2D eigenvalue weighted by Crippen LogP contribution is 2.30. The van der Waals surface area contributed by atoms with E-state index >= 15 is 0 Å². The molecule has 19 heavy (non-hydrogen) atoms. The maximum atomic E-state index is 12.5. The molecule has 1 unspecified atom stereocenters. The third kappa shape index (κ3) is 3.00. The number of nitrogens with zero attached hydrogens (tertiary/aromatic N) is 3. The maximum absolute atomic E-state index is 12.5. The van der Waals surface area contributed by atoms with Gasteiger partial charge in [0.1, 0.15) is 11.3 Å². The standard InChI is InChI=1S/C12H13ClF3N3/c1-7-3-9-11(17-6-7)19(10(5-13)18-9)8(2)4-12(14,15)16/h3,6,8H,4-5H2,1-2H3. The molecule has 0 amide bonds. The van der Waals surface area contributed by atoms with Crippen LogP contribution in [0.2, 0.25) is 0 Å². The fraction of sp³-hybridized carbons (Fsp3) is 0.500. The quantitative estimate of drug-likeness (QED) is 0.801. The van der Waals surface area contributed by atoms with E-state index in [1.165, 1.54) is 11.5 Å². The topological polar surface area (TPSA) is 30.7 Å². The summed E-state index contributed by atoms with van der Waals surface area (Å²) >= 11 is 5.77. The molecule has 0 aliphatic carbocycles. The van der Waals surface area contributed by atoms with Crippen LogP contribution in [-0.2, 0) is 5.88 Å². The minimum absolute atomic E-state index is 0.0532. The highest BCUT2D eigenvalue weighted by atomic mass is 35.5. The normalized spacial score (nSPS) is 14.0. The number of pyridine rings is 1. The monoisotopic (exact) mass is 291 g/mol. The molecule has 0 aliphatic rings. The summed E-state index contributed by atoms with van der Waals surface area (Å²) in [5.41, 5.74) is 1.92. The number of fused-ring (bicyclic) bond motifs is 1. The molecule has 7 heteroatoms. The lowest BCUT2D eigenvalue weighted by atomic mass is 10.2. The third-order valence-electron chi connectivity index (χ3n) is 2.83. The van der Waals surface area contributed by atoms with Crippen molar-refractivity contribution in [2.75, 3.05) is 0 Å². The number of alkyl halides is 4. The zero-order valence-corrected chi connectivity index (χ0v) is 11.3. The Hall–Kier alpha value is -1.30. The largest absolute Gasteiger partial charge is 0.391 e. The Morgan fingerprint density at radius 1 is 1.42 bits per heavy atom. The SMILES string of the molecule is Cc1cnc2c(c1)nc(CCl)n2C(C)CC(F)(F)F. The Balaban J connectivity index is 2.51. The average Bonchev–Trinajstić information content (AvgIpc) is 2.63. The van der Waals surface area contributed by atoms with Crippen LogP contribution in [0.15, 0.2) is 12.3 Å². The van der Waals surface area contributed by atoms with E-state index in [-0.39, 0.29) is 5.88 Å². The van der Waals surface area contributed by atoms with Crippen molar-refractivity contribution >= 4 is 22.8 Å². The van der Waals surface area contributed by atoms with Gasteiger partial charge in [0.25, 0.3) is 0 Å². The van der Waals surface area contributed by atoms with E-state index in [2.05, 4.69) is 9.97 Å². The molecule has 0 aliphatic heterocycles. The van der Waals surface area contributed by atoms with Gasteiger partial charge in [-0.1, -0.05) is 0 Å². The van der Waals surface area contributed by atoms with Crippen molar-refractivity contribution in [1.29, 1.82) is 0 Å². The lowest BCUT2D eigenvalue weighted by molar-refractivity contribution is -0.141. The third-order valence-corrected chi connectivity index (χ3v) is 3.07. The summed E-state index contributed by atoms with van der Waals surface area (Å²) in [6.07, 6.45) is -3.55. The molecular formula is C12H13ClF3N3. The molecule has 0 aromatic carbocycles. The Morgan fingerprint density at radius 3 is 2.68 bits per heavy atom. The van der Waals surface area contributed by atoms with Crippen LogP contribution < -0.4 is 0 Å². The van der Waals surface area contributed by atoms with Crippen LogP contribution in [0.3, 0.4) is 0 Å². The van der Waals surface area contributed by atoms with E-state index in [0.717, 1.165) is 5.56 Å². The first kappa shape index (κ1) is 14.1. The number of hydrogen-bond donors (Lipinski definition) is 0. The fourth-order valence-electron chi connectivity index (χ4n) is 2.11. The molecular weight excluding hydrogens is 279 g/mol. The number of aromatic nitrogens is 3. The number of imidazole rings is 1. The van der Waals surface area contributed by atoms with Crippen molar-refractivity contribution in [1.82, 2.24) is 14.5 Å². The van der Waals surface area contributed by atoms with Gasteiger partial charge in [0.05, 0.1) is 12.3 Å². The highest BCUT2D eigenvalue weighted by Gasteiger charge is 2.32. The maximum Gasteiger partial charge on any atom is 0.391 e. The lowest BCUT2D eigenvalue weighted by Crippen LogP contribution is -2.18. The van der Waals surface area contributed by atoms with E-state index in [0.29, 0.717) is 17.0 Å². The summed E-state index contributed by atoms with van der Waals surface area (Å²) < 4.78 is 39.0. The Bertz CT molecular complexity index is 592. The van der Waals surface area contributed by atoms with Gasteiger partial charge in [-0.3, -0.25) is 0 Å². The van der Waals surface area contributed by atoms with E-state index in [4.69, 9.17) is 11.6 Å². The van der Waals surface area contributed by atoms with E-state index in [1.807, 2.05) is 6.92 Å². The first-order valence-corrected chi connectivity index (χ1v) is 6.31. The molecule has 0 N–H and O–H groups in total. The Labute approximate surface area is 113 Å². The summed E-state index contributed by atoms with van der Waals surface area (Å²) in [7, 11) is 0. The van der Waals surface area contributed by atoms with E-state index < -0.39 is 18.6 Å². The smallest absolute Gasteiger partial charge is 0.309 e. The summed E-state index contributed by atoms with van der Waals surface area (Å²) in [4.78, 5) is 8.42. The number of aryl methyl sites for hydroxylation is 1. The minimum Gasteiger partial charge on any atom is -0.309 e. The molecule has 0 spiro atoms. The number of halogens is 4. The second-order valence-electron chi connectivity index (χ2n) is 4.56. The first-order chi connectivity index (χ1) is 8.81. The highest BCUT2D eigenvalue weighted by molar-refractivity contribution is 6.16. The lowest BCUT2D eigenvalue weighted by Gasteiger charge is -2.18.